The molecule has 4 nitrogen and oxygen atoms in total. The second kappa shape index (κ2) is 6.15. The number of anilines is 1. The first-order valence-electron chi connectivity index (χ1n) is 5.63. The normalized spacial score (nSPS) is 11.8. The van der Waals surface area contributed by atoms with Crippen LogP contribution in [0.4, 0.5) is 5.13 Å². The quantitative estimate of drug-likeness (QED) is 0.799. The fraction of sp³-hybridized carbons (Fsp3) is 0.818. The molecule has 92 valence electrons. The van der Waals surface area contributed by atoms with Gasteiger partial charge in [-0.3, -0.25) is 0 Å². The molecule has 1 aromatic heterocycles. The maximum absolute atomic E-state index is 5.10. The molecular weight excluding hydrogens is 222 g/mol. The predicted molar refractivity (Wildman–Crippen MR) is 68.1 cm³/mol. The number of hydrogen-bond acceptors (Lipinski definition) is 5. The van der Waals surface area contributed by atoms with Gasteiger partial charge >= 0.3 is 0 Å². The summed E-state index contributed by atoms with van der Waals surface area (Å²) in [5.74, 6) is 0.919. The van der Waals surface area contributed by atoms with E-state index in [9.17, 15) is 0 Å². The smallest absolute Gasteiger partial charge is 0.202 e. The Labute approximate surface area is 102 Å². The third-order valence-electron chi connectivity index (χ3n) is 2.49. The Morgan fingerprint density at radius 1 is 1.44 bits per heavy atom. The number of hydrogen-bond donors (Lipinski definition) is 1. The van der Waals surface area contributed by atoms with E-state index < -0.39 is 0 Å². The minimum atomic E-state index is 0.216. The van der Waals surface area contributed by atoms with Gasteiger partial charge in [-0.2, -0.15) is 4.37 Å². The molecule has 0 radical (unpaired) electrons. The van der Waals surface area contributed by atoms with Crippen molar-refractivity contribution in [2.24, 2.45) is 5.41 Å². The minimum Gasteiger partial charge on any atom is -0.385 e. The highest BCUT2D eigenvalue weighted by molar-refractivity contribution is 7.09. The lowest BCUT2D eigenvalue weighted by molar-refractivity contribution is 0.157. The Morgan fingerprint density at radius 3 is 2.75 bits per heavy atom. The third-order valence-corrected chi connectivity index (χ3v) is 3.20. The highest BCUT2D eigenvalue weighted by Gasteiger charge is 2.17. The lowest BCUT2D eigenvalue weighted by atomic mass is 9.90. The second-order valence-corrected chi connectivity index (χ2v) is 5.38. The summed E-state index contributed by atoms with van der Waals surface area (Å²) in [6, 6.07) is 0. The molecule has 0 aliphatic rings. The van der Waals surface area contributed by atoms with E-state index in [2.05, 4.69) is 35.4 Å². The summed E-state index contributed by atoms with van der Waals surface area (Å²) in [4.78, 5) is 4.38. The summed E-state index contributed by atoms with van der Waals surface area (Å²) in [7, 11) is 1.74. The molecule has 5 heteroatoms. The van der Waals surface area contributed by atoms with Gasteiger partial charge in [-0.1, -0.05) is 20.8 Å². The number of methoxy groups -OCH3 is 1. The first-order chi connectivity index (χ1) is 7.57. The topological polar surface area (TPSA) is 47.0 Å². The van der Waals surface area contributed by atoms with Crippen LogP contribution in [0.5, 0.6) is 0 Å². The number of ether oxygens (including phenoxy) is 1. The van der Waals surface area contributed by atoms with Gasteiger partial charge < -0.3 is 10.1 Å². The summed E-state index contributed by atoms with van der Waals surface area (Å²) in [5.41, 5.74) is 0.216. The SMILES string of the molecule is CCc1nsc(NCC(C)(C)CCOC)n1. The molecule has 0 atom stereocenters. The largest absolute Gasteiger partial charge is 0.385 e. The molecule has 0 saturated carbocycles. The van der Waals surface area contributed by atoms with Crippen molar-refractivity contribution in [1.29, 1.82) is 0 Å². The monoisotopic (exact) mass is 243 g/mol. The van der Waals surface area contributed by atoms with Crippen LogP contribution in [0.25, 0.3) is 0 Å². The molecule has 0 saturated heterocycles. The van der Waals surface area contributed by atoms with E-state index in [1.54, 1.807) is 7.11 Å². The highest BCUT2D eigenvalue weighted by atomic mass is 32.1. The van der Waals surface area contributed by atoms with Crippen molar-refractivity contribution >= 4 is 16.7 Å². The van der Waals surface area contributed by atoms with Gasteiger partial charge in [0.15, 0.2) is 0 Å². The van der Waals surface area contributed by atoms with E-state index in [1.807, 2.05) is 0 Å². The summed E-state index contributed by atoms with van der Waals surface area (Å²) >= 11 is 1.44. The van der Waals surface area contributed by atoms with E-state index in [0.29, 0.717) is 0 Å². The van der Waals surface area contributed by atoms with Crippen molar-refractivity contribution in [3.63, 3.8) is 0 Å². The number of nitrogens with zero attached hydrogens (tertiary/aromatic N) is 2. The van der Waals surface area contributed by atoms with E-state index in [-0.39, 0.29) is 5.41 Å². The van der Waals surface area contributed by atoms with Crippen LogP contribution >= 0.6 is 11.5 Å². The van der Waals surface area contributed by atoms with E-state index in [0.717, 1.165) is 36.9 Å². The van der Waals surface area contributed by atoms with Crippen molar-refractivity contribution in [3.05, 3.63) is 5.82 Å². The van der Waals surface area contributed by atoms with Crippen molar-refractivity contribution in [3.8, 4) is 0 Å². The Morgan fingerprint density at radius 2 is 2.19 bits per heavy atom. The van der Waals surface area contributed by atoms with Gasteiger partial charge in [-0.25, -0.2) is 4.98 Å². The number of nitrogens with one attached hydrogen (secondary N) is 1. The fourth-order valence-corrected chi connectivity index (χ4v) is 1.90. The minimum absolute atomic E-state index is 0.216. The zero-order valence-electron chi connectivity index (χ0n) is 10.5. The average molecular weight is 243 g/mol. The van der Waals surface area contributed by atoms with Gasteiger partial charge in [0.2, 0.25) is 5.13 Å². The lowest BCUT2D eigenvalue weighted by Gasteiger charge is -2.24. The van der Waals surface area contributed by atoms with Gasteiger partial charge in [-0.05, 0) is 11.8 Å². The zero-order valence-corrected chi connectivity index (χ0v) is 11.4. The number of rotatable bonds is 7. The fourth-order valence-electron chi connectivity index (χ4n) is 1.25. The number of aromatic nitrogens is 2. The zero-order chi connectivity index (χ0) is 12.0. The Balaban J connectivity index is 2.37. The molecule has 1 N–H and O–H groups in total. The molecule has 0 bridgehead atoms. The number of aryl methyl sites for hydroxylation is 1. The molecule has 0 amide bonds. The van der Waals surface area contributed by atoms with Crippen LogP contribution in [0.3, 0.4) is 0 Å². The van der Waals surface area contributed by atoms with E-state index in [1.165, 1.54) is 11.5 Å². The summed E-state index contributed by atoms with van der Waals surface area (Å²) in [5, 5.41) is 4.26. The first kappa shape index (κ1) is 13.4. The molecular formula is C11H21N3OS. The molecule has 16 heavy (non-hydrogen) atoms. The van der Waals surface area contributed by atoms with Crippen LogP contribution in [-0.4, -0.2) is 29.6 Å². The van der Waals surface area contributed by atoms with Crippen LogP contribution in [-0.2, 0) is 11.2 Å². The Hall–Kier alpha value is -0.680. The lowest BCUT2D eigenvalue weighted by Crippen LogP contribution is -2.24. The third kappa shape index (κ3) is 4.45. The maximum atomic E-state index is 5.10. The molecule has 0 aromatic carbocycles. The van der Waals surface area contributed by atoms with Gasteiger partial charge in [0, 0.05) is 38.2 Å². The molecule has 1 heterocycles. The van der Waals surface area contributed by atoms with Crippen LogP contribution < -0.4 is 5.32 Å². The van der Waals surface area contributed by atoms with Gasteiger partial charge in [0.25, 0.3) is 0 Å². The molecule has 0 unspecified atom stereocenters. The van der Waals surface area contributed by atoms with Gasteiger partial charge in [0.05, 0.1) is 0 Å². The Kier molecular flexibility index (Phi) is 5.15. The Bertz CT molecular complexity index is 312. The van der Waals surface area contributed by atoms with E-state index >= 15 is 0 Å². The summed E-state index contributed by atoms with van der Waals surface area (Å²) < 4.78 is 9.34. The van der Waals surface area contributed by atoms with Crippen molar-refractivity contribution in [1.82, 2.24) is 9.36 Å². The molecule has 0 aliphatic heterocycles. The summed E-state index contributed by atoms with van der Waals surface area (Å²) in [6.45, 7) is 8.20. The standard InChI is InChI=1S/C11H21N3OS/c1-5-9-13-10(16-14-9)12-8-11(2,3)6-7-15-4/h5-8H2,1-4H3,(H,12,13,14). The highest BCUT2D eigenvalue weighted by Crippen LogP contribution is 2.21. The van der Waals surface area contributed by atoms with Gasteiger partial charge in [0.1, 0.15) is 5.82 Å². The van der Waals surface area contributed by atoms with Crippen LogP contribution in [0.1, 0.15) is 33.0 Å². The maximum Gasteiger partial charge on any atom is 0.202 e. The van der Waals surface area contributed by atoms with Crippen LogP contribution in [0.15, 0.2) is 0 Å². The molecule has 0 fully saturated rings. The van der Waals surface area contributed by atoms with Crippen molar-refractivity contribution < 1.29 is 4.74 Å². The van der Waals surface area contributed by atoms with Crippen LogP contribution in [0, 0.1) is 5.41 Å². The molecule has 0 aliphatic carbocycles. The summed E-state index contributed by atoms with van der Waals surface area (Å²) in [6.07, 6.45) is 1.93. The van der Waals surface area contributed by atoms with E-state index in [4.69, 9.17) is 4.74 Å². The molecule has 1 aromatic rings. The van der Waals surface area contributed by atoms with Crippen molar-refractivity contribution in [2.45, 2.75) is 33.6 Å². The molecule has 1 rings (SSSR count). The van der Waals surface area contributed by atoms with Crippen molar-refractivity contribution in [2.75, 3.05) is 25.6 Å². The second-order valence-electron chi connectivity index (χ2n) is 4.63. The van der Waals surface area contributed by atoms with Gasteiger partial charge in [-0.15, -0.1) is 0 Å². The average Bonchev–Trinajstić information content (AvgIpc) is 2.72. The van der Waals surface area contributed by atoms with Crippen LogP contribution in [0.2, 0.25) is 0 Å². The first-order valence-corrected chi connectivity index (χ1v) is 6.40. The predicted octanol–water partition coefficient (Wildman–Crippen LogP) is 2.58. The molecule has 0 spiro atoms.